The second-order valence-corrected chi connectivity index (χ2v) is 6.53. The molecule has 0 heterocycles. The van der Waals surface area contributed by atoms with Crippen molar-refractivity contribution in [3.05, 3.63) is 24.3 Å². The van der Waals surface area contributed by atoms with Crippen LogP contribution in [-0.4, -0.2) is 23.9 Å². The first-order chi connectivity index (χ1) is 10.6. The fourth-order valence-electron chi connectivity index (χ4n) is 2.95. The van der Waals surface area contributed by atoms with Crippen LogP contribution in [0.25, 0.3) is 0 Å². The molecule has 0 aromatic rings. The lowest BCUT2D eigenvalue weighted by Crippen LogP contribution is -2.45. The second kappa shape index (κ2) is 8.16. The minimum atomic E-state index is -0.317. The van der Waals surface area contributed by atoms with Gasteiger partial charge in [0, 0.05) is 23.9 Å². The van der Waals surface area contributed by atoms with Crippen LogP contribution in [-0.2, 0) is 9.59 Å². The molecule has 0 unspecified atom stereocenters. The van der Waals surface area contributed by atoms with Gasteiger partial charge in [-0.15, -0.1) is 0 Å². The third kappa shape index (κ3) is 4.72. The number of hydrogen-bond donors (Lipinski definition) is 2. The summed E-state index contributed by atoms with van der Waals surface area (Å²) in [6, 6.07) is 0.250. The Bertz CT molecular complexity index is 414. The number of hydrogen-bond acceptors (Lipinski definition) is 2. The van der Waals surface area contributed by atoms with Gasteiger partial charge >= 0.3 is 0 Å². The fourth-order valence-corrected chi connectivity index (χ4v) is 2.95. The lowest BCUT2D eigenvalue weighted by atomic mass is 9.92. The average molecular weight is 304 g/mol. The summed E-state index contributed by atoms with van der Waals surface area (Å²) < 4.78 is 0. The third-order valence-corrected chi connectivity index (χ3v) is 4.74. The van der Waals surface area contributed by atoms with Gasteiger partial charge in [0.1, 0.15) is 0 Å². The summed E-state index contributed by atoms with van der Waals surface area (Å²) in [6.45, 7) is 3.67. The zero-order valence-corrected chi connectivity index (χ0v) is 13.7. The molecule has 2 aliphatic carbocycles. The second-order valence-electron chi connectivity index (χ2n) is 6.53. The van der Waals surface area contributed by atoms with Crippen LogP contribution in [0.1, 0.15) is 52.4 Å². The van der Waals surface area contributed by atoms with Crippen LogP contribution >= 0.6 is 0 Å². The molecular weight excluding hydrogens is 276 g/mol. The van der Waals surface area contributed by atoms with E-state index >= 15 is 0 Å². The smallest absolute Gasteiger partial charge is 0.224 e. The van der Waals surface area contributed by atoms with E-state index in [0.717, 1.165) is 38.5 Å². The average Bonchev–Trinajstić information content (AvgIpc) is 2.55. The molecular formula is C18H28N2O2. The first-order valence-corrected chi connectivity index (χ1v) is 8.52. The first kappa shape index (κ1) is 16.8. The van der Waals surface area contributed by atoms with Crippen LogP contribution in [0.15, 0.2) is 24.3 Å². The van der Waals surface area contributed by atoms with Gasteiger partial charge in [0.2, 0.25) is 11.8 Å². The molecule has 0 aliphatic heterocycles. The molecule has 0 spiro atoms. The van der Waals surface area contributed by atoms with Crippen molar-refractivity contribution >= 4 is 11.8 Å². The highest BCUT2D eigenvalue weighted by molar-refractivity contribution is 5.87. The first-order valence-electron chi connectivity index (χ1n) is 8.52. The molecule has 2 N–H and O–H groups in total. The zero-order valence-electron chi connectivity index (χ0n) is 13.7. The number of amides is 2. The van der Waals surface area contributed by atoms with E-state index in [1.54, 1.807) is 0 Å². The number of carbonyl (C=O) groups excluding carboxylic acids is 2. The summed E-state index contributed by atoms with van der Waals surface area (Å²) in [6.07, 6.45) is 14.7. The van der Waals surface area contributed by atoms with E-state index < -0.39 is 0 Å². The van der Waals surface area contributed by atoms with Crippen LogP contribution < -0.4 is 10.6 Å². The summed E-state index contributed by atoms with van der Waals surface area (Å²) in [5.41, 5.74) is 0. The minimum absolute atomic E-state index is 0.0293. The molecule has 0 bridgehead atoms. The monoisotopic (exact) mass is 304 g/mol. The Balaban J connectivity index is 1.82. The van der Waals surface area contributed by atoms with Gasteiger partial charge in [0.25, 0.3) is 0 Å². The molecule has 4 heteroatoms. The largest absolute Gasteiger partial charge is 0.350 e. The Hall–Kier alpha value is -1.58. The molecule has 0 fully saturated rings. The van der Waals surface area contributed by atoms with Crippen molar-refractivity contribution in [2.24, 2.45) is 11.8 Å². The van der Waals surface area contributed by atoms with Crippen LogP contribution in [0, 0.1) is 11.8 Å². The van der Waals surface area contributed by atoms with Gasteiger partial charge in [-0.2, -0.15) is 0 Å². The minimum Gasteiger partial charge on any atom is -0.350 e. The highest BCUT2D eigenvalue weighted by atomic mass is 16.2. The van der Waals surface area contributed by atoms with E-state index in [1.165, 1.54) is 0 Å². The molecule has 4 nitrogen and oxygen atoms in total. The Morgan fingerprint density at radius 1 is 0.864 bits per heavy atom. The fraction of sp³-hybridized carbons (Fsp3) is 0.667. The third-order valence-electron chi connectivity index (χ3n) is 4.74. The Kier molecular flexibility index (Phi) is 6.22. The molecule has 22 heavy (non-hydrogen) atoms. The van der Waals surface area contributed by atoms with Crippen molar-refractivity contribution in [1.29, 1.82) is 0 Å². The van der Waals surface area contributed by atoms with Gasteiger partial charge < -0.3 is 10.6 Å². The Morgan fingerprint density at radius 3 is 1.59 bits per heavy atom. The lowest BCUT2D eigenvalue weighted by Gasteiger charge is -2.25. The Labute approximate surface area is 133 Å². The van der Waals surface area contributed by atoms with E-state index in [9.17, 15) is 9.59 Å². The predicted molar refractivity (Wildman–Crippen MR) is 88.2 cm³/mol. The van der Waals surface area contributed by atoms with Crippen LogP contribution in [0.2, 0.25) is 0 Å². The molecule has 0 aromatic carbocycles. The standard InChI is InChI=1S/C18H28N2O2/c1-13(17(21)19-15-9-5-3-6-10-15)14(2)18(22)20-16-11-7-4-8-12-16/h5,7,9,11,13-16H,3-4,6,8,10,12H2,1-2H3,(H,19,21)(H,20,22)/t13-,14+,15+,16-. The number of allylic oxidation sites excluding steroid dienone is 2. The van der Waals surface area contributed by atoms with E-state index in [0.29, 0.717) is 0 Å². The normalized spacial score (nSPS) is 27.0. The molecule has 0 saturated carbocycles. The van der Waals surface area contributed by atoms with Gasteiger partial charge in [-0.1, -0.05) is 38.2 Å². The van der Waals surface area contributed by atoms with Crippen molar-refractivity contribution < 1.29 is 9.59 Å². The maximum atomic E-state index is 12.3. The summed E-state index contributed by atoms with van der Waals surface area (Å²) >= 11 is 0. The molecule has 4 atom stereocenters. The zero-order chi connectivity index (χ0) is 15.9. The van der Waals surface area contributed by atoms with Gasteiger partial charge in [0.05, 0.1) is 0 Å². The summed E-state index contributed by atoms with van der Waals surface area (Å²) in [7, 11) is 0. The van der Waals surface area contributed by atoms with Crippen molar-refractivity contribution in [3.63, 3.8) is 0 Å². The number of carbonyl (C=O) groups is 2. The van der Waals surface area contributed by atoms with Crippen molar-refractivity contribution in [2.75, 3.05) is 0 Å². The SMILES string of the molecule is C[C@H](C(=O)N[C@@H]1C=CCCC1)[C@@H](C)C(=O)N[C@H]1C=CCCC1. The van der Waals surface area contributed by atoms with Crippen molar-refractivity contribution in [1.82, 2.24) is 10.6 Å². The van der Waals surface area contributed by atoms with E-state index in [2.05, 4.69) is 34.9 Å². The van der Waals surface area contributed by atoms with E-state index in [4.69, 9.17) is 0 Å². The summed E-state index contributed by atoms with van der Waals surface area (Å²) in [5.74, 6) is -0.692. The predicted octanol–water partition coefficient (Wildman–Crippen LogP) is 2.71. The molecule has 2 rings (SSSR count). The van der Waals surface area contributed by atoms with Gasteiger partial charge in [-0.3, -0.25) is 9.59 Å². The summed E-state index contributed by atoms with van der Waals surface area (Å²) in [5, 5.41) is 6.08. The van der Waals surface area contributed by atoms with Crippen LogP contribution in [0.4, 0.5) is 0 Å². The summed E-state index contributed by atoms with van der Waals surface area (Å²) in [4.78, 5) is 24.6. The van der Waals surface area contributed by atoms with Crippen LogP contribution in [0.3, 0.4) is 0 Å². The maximum absolute atomic E-state index is 12.3. The Morgan fingerprint density at radius 2 is 1.27 bits per heavy atom. The topological polar surface area (TPSA) is 58.2 Å². The molecule has 2 aliphatic rings. The highest BCUT2D eigenvalue weighted by Gasteiger charge is 2.28. The molecule has 0 radical (unpaired) electrons. The molecule has 0 saturated heterocycles. The van der Waals surface area contributed by atoms with Crippen molar-refractivity contribution in [2.45, 2.75) is 64.5 Å². The highest BCUT2D eigenvalue weighted by Crippen LogP contribution is 2.16. The van der Waals surface area contributed by atoms with Gasteiger partial charge in [0.15, 0.2) is 0 Å². The van der Waals surface area contributed by atoms with Gasteiger partial charge in [-0.25, -0.2) is 0 Å². The number of nitrogens with one attached hydrogen (secondary N) is 2. The van der Waals surface area contributed by atoms with Gasteiger partial charge in [-0.05, 0) is 38.5 Å². The lowest BCUT2D eigenvalue weighted by molar-refractivity contribution is -0.134. The van der Waals surface area contributed by atoms with Crippen molar-refractivity contribution in [3.8, 4) is 0 Å². The van der Waals surface area contributed by atoms with E-state index in [-0.39, 0.29) is 35.7 Å². The number of rotatable bonds is 5. The molecule has 2 amide bonds. The molecule has 122 valence electrons. The van der Waals surface area contributed by atoms with Crippen LogP contribution in [0.5, 0.6) is 0 Å². The quantitative estimate of drug-likeness (QED) is 0.767. The molecule has 0 aromatic heterocycles. The van der Waals surface area contributed by atoms with E-state index in [1.807, 2.05) is 13.8 Å². The maximum Gasteiger partial charge on any atom is 0.224 e.